The van der Waals surface area contributed by atoms with Crippen LogP contribution in [0.3, 0.4) is 0 Å². The van der Waals surface area contributed by atoms with E-state index in [9.17, 15) is 4.79 Å². The molecule has 1 aliphatic carbocycles. The van der Waals surface area contributed by atoms with Crippen LogP contribution in [0.5, 0.6) is 0 Å². The number of hydrogen-bond acceptors (Lipinski definition) is 10. The van der Waals surface area contributed by atoms with Crippen molar-refractivity contribution in [1.29, 1.82) is 0 Å². The van der Waals surface area contributed by atoms with Crippen LogP contribution in [0.4, 0.5) is 0 Å². The molecule has 0 saturated heterocycles. The number of nitrogens with zero attached hydrogens (tertiary/aromatic N) is 7. The summed E-state index contributed by atoms with van der Waals surface area (Å²) in [7, 11) is 0. The number of hydrogen-bond donors (Lipinski definition) is 0. The van der Waals surface area contributed by atoms with Gasteiger partial charge in [-0.2, -0.15) is 0 Å². The molecule has 4 heterocycles. The van der Waals surface area contributed by atoms with Gasteiger partial charge in [0.25, 0.3) is 0 Å². The Balaban J connectivity index is 1.12. The van der Waals surface area contributed by atoms with E-state index < -0.39 is 0 Å². The maximum absolute atomic E-state index is 12.3. The van der Waals surface area contributed by atoms with Crippen LogP contribution < -0.4 is 0 Å². The molecule has 0 spiro atoms. The van der Waals surface area contributed by atoms with Crippen LogP contribution in [0.25, 0.3) is 0 Å². The molecule has 168 valence electrons. The number of carbonyl (C=O) groups excluding carboxylic acids is 1. The van der Waals surface area contributed by atoms with Crippen LogP contribution in [0.2, 0.25) is 0 Å². The fourth-order valence-electron chi connectivity index (χ4n) is 4.17. The molecular formula is C23H23N7OS2. The Morgan fingerprint density at radius 2 is 1.67 bits per heavy atom. The molecule has 0 aromatic carbocycles. The summed E-state index contributed by atoms with van der Waals surface area (Å²) in [4.78, 5) is 25.1. The molecule has 5 rings (SSSR count). The summed E-state index contributed by atoms with van der Waals surface area (Å²) in [6, 6.07) is 7.43. The lowest BCUT2D eigenvalue weighted by atomic mass is 10.0. The van der Waals surface area contributed by atoms with E-state index in [0.717, 1.165) is 57.2 Å². The number of pyridine rings is 1. The number of Topliss-reactive ketones (excluding diaryl/α,β-unsaturated/α-hetero) is 1. The zero-order chi connectivity index (χ0) is 22.5. The van der Waals surface area contributed by atoms with Crippen LogP contribution >= 0.6 is 22.7 Å². The molecule has 1 fully saturated rings. The van der Waals surface area contributed by atoms with Gasteiger partial charge in [0.2, 0.25) is 0 Å². The summed E-state index contributed by atoms with van der Waals surface area (Å²) in [6.45, 7) is 0. The summed E-state index contributed by atoms with van der Waals surface area (Å²) in [5.41, 5.74) is 0.792. The first-order valence-electron chi connectivity index (χ1n) is 11.0. The minimum Gasteiger partial charge on any atom is -0.299 e. The van der Waals surface area contributed by atoms with Gasteiger partial charge in [-0.25, -0.2) is 9.97 Å². The third-order valence-corrected chi connectivity index (χ3v) is 7.76. The monoisotopic (exact) mass is 477 g/mol. The molecule has 2 atom stereocenters. The smallest absolute Gasteiger partial charge is 0.145 e. The lowest BCUT2D eigenvalue weighted by molar-refractivity contribution is -0.117. The molecule has 1 aliphatic rings. The summed E-state index contributed by atoms with van der Waals surface area (Å²) in [5.74, 6) is 1.90. The van der Waals surface area contributed by atoms with Crippen molar-refractivity contribution >= 4 is 28.5 Å². The highest BCUT2D eigenvalue weighted by atomic mass is 32.1. The van der Waals surface area contributed by atoms with E-state index in [4.69, 9.17) is 0 Å². The first-order valence-corrected chi connectivity index (χ1v) is 12.7. The van der Waals surface area contributed by atoms with Crippen molar-refractivity contribution in [2.24, 2.45) is 5.92 Å². The maximum atomic E-state index is 12.3. The molecule has 0 amide bonds. The normalized spacial score (nSPS) is 17.9. The molecule has 0 bridgehead atoms. The number of ketones is 1. The molecule has 2 unspecified atom stereocenters. The Morgan fingerprint density at radius 1 is 0.848 bits per heavy atom. The molecule has 10 heteroatoms. The third kappa shape index (κ3) is 5.88. The van der Waals surface area contributed by atoms with E-state index in [2.05, 4.69) is 35.3 Å². The fourth-order valence-corrected chi connectivity index (χ4v) is 6.14. The molecular weight excluding hydrogens is 454 g/mol. The van der Waals surface area contributed by atoms with E-state index in [1.165, 1.54) is 0 Å². The maximum Gasteiger partial charge on any atom is 0.145 e. The predicted molar refractivity (Wildman–Crippen MR) is 125 cm³/mol. The standard InChI is InChI=1S/C23H23N7OS2/c31-18(12-17-4-1-2-7-24-17)13-21-28-27-20(32-21)11-15-5-6-16(10-15)23-30-29-22(33-23)14-19-25-8-3-9-26-19/h1-4,7-9,15-16H,5-6,10-14H2. The minimum absolute atomic E-state index is 0.116. The van der Waals surface area contributed by atoms with E-state index in [0.29, 0.717) is 31.1 Å². The Bertz CT molecular complexity index is 1200. The van der Waals surface area contributed by atoms with Crippen LogP contribution in [-0.4, -0.2) is 41.1 Å². The first kappa shape index (κ1) is 21.8. The summed E-state index contributed by atoms with van der Waals surface area (Å²) in [5, 5.41) is 21.3. The van der Waals surface area contributed by atoms with Crippen LogP contribution in [0.1, 0.15) is 56.7 Å². The third-order valence-electron chi connectivity index (χ3n) is 5.73. The molecule has 0 N–H and O–H groups in total. The van der Waals surface area contributed by atoms with E-state index in [1.54, 1.807) is 41.3 Å². The highest BCUT2D eigenvalue weighted by Gasteiger charge is 2.29. The molecule has 0 aliphatic heterocycles. The lowest BCUT2D eigenvalue weighted by Gasteiger charge is -2.06. The topological polar surface area (TPSA) is 107 Å². The van der Waals surface area contributed by atoms with Crippen molar-refractivity contribution in [3.63, 3.8) is 0 Å². The number of carbonyl (C=O) groups is 1. The zero-order valence-electron chi connectivity index (χ0n) is 18.0. The second kappa shape index (κ2) is 10.3. The highest BCUT2D eigenvalue weighted by Crippen LogP contribution is 2.41. The van der Waals surface area contributed by atoms with E-state index >= 15 is 0 Å². The van der Waals surface area contributed by atoms with Crippen molar-refractivity contribution in [3.8, 4) is 0 Å². The van der Waals surface area contributed by atoms with E-state index in [-0.39, 0.29) is 5.78 Å². The van der Waals surface area contributed by atoms with Crippen molar-refractivity contribution < 1.29 is 4.79 Å². The van der Waals surface area contributed by atoms with Crippen LogP contribution in [0, 0.1) is 5.92 Å². The summed E-state index contributed by atoms with van der Waals surface area (Å²) >= 11 is 3.23. The van der Waals surface area contributed by atoms with Crippen LogP contribution in [0.15, 0.2) is 42.9 Å². The van der Waals surface area contributed by atoms with Gasteiger partial charge in [-0.15, -0.1) is 43.1 Å². The van der Waals surface area contributed by atoms with Gasteiger partial charge in [-0.3, -0.25) is 9.78 Å². The number of aromatic nitrogens is 7. The van der Waals surface area contributed by atoms with Gasteiger partial charge in [0, 0.05) is 43.0 Å². The Kier molecular flexibility index (Phi) is 6.82. The SMILES string of the molecule is O=C(Cc1ccccn1)Cc1nnc(CC2CCC(c3nnc(Cc4ncccn4)s3)C2)s1. The van der Waals surface area contributed by atoms with Gasteiger partial charge in [0.15, 0.2) is 0 Å². The molecule has 1 saturated carbocycles. The molecule has 0 radical (unpaired) electrons. The molecule has 8 nitrogen and oxygen atoms in total. The Hall–Kier alpha value is -2.98. The van der Waals surface area contributed by atoms with E-state index in [1.807, 2.05) is 24.3 Å². The van der Waals surface area contributed by atoms with Crippen molar-refractivity contribution in [2.45, 2.75) is 50.9 Å². The van der Waals surface area contributed by atoms with Crippen LogP contribution in [-0.2, 0) is 30.5 Å². The summed E-state index contributed by atoms with van der Waals surface area (Å²) in [6.07, 6.45) is 10.8. The average molecular weight is 478 g/mol. The Labute approximate surface area is 199 Å². The zero-order valence-corrected chi connectivity index (χ0v) is 19.6. The number of rotatable bonds is 9. The van der Waals surface area contributed by atoms with Gasteiger partial charge in [-0.05, 0) is 43.4 Å². The van der Waals surface area contributed by atoms with Gasteiger partial charge >= 0.3 is 0 Å². The van der Waals surface area contributed by atoms with Gasteiger partial charge in [-0.1, -0.05) is 6.07 Å². The molecule has 4 aromatic heterocycles. The second-order valence-corrected chi connectivity index (χ2v) is 10.5. The van der Waals surface area contributed by atoms with Gasteiger partial charge in [0.1, 0.15) is 31.6 Å². The Morgan fingerprint density at radius 3 is 2.52 bits per heavy atom. The predicted octanol–water partition coefficient (Wildman–Crippen LogP) is 3.65. The quantitative estimate of drug-likeness (QED) is 0.360. The van der Waals surface area contributed by atoms with Crippen molar-refractivity contribution in [3.05, 3.63) is 74.4 Å². The largest absolute Gasteiger partial charge is 0.299 e. The van der Waals surface area contributed by atoms with Gasteiger partial charge in [0.05, 0.1) is 12.8 Å². The highest BCUT2D eigenvalue weighted by molar-refractivity contribution is 7.11. The molecule has 33 heavy (non-hydrogen) atoms. The fraction of sp³-hybridized carbons (Fsp3) is 0.391. The van der Waals surface area contributed by atoms with Crippen molar-refractivity contribution in [1.82, 2.24) is 35.3 Å². The molecule has 4 aromatic rings. The lowest BCUT2D eigenvalue weighted by Crippen LogP contribution is -2.07. The van der Waals surface area contributed by atoms with Gasteiger partial charge < -0.3 is 0 Å². The second-order valence-electron chi connectivity index (χ2n) is 8.26. The first-order chi connectivity index (χ1) is 16.2. The van der Waals surface area contributed by atoms with Crippen molar-refractivity contribution in [2.75, 3.05) is 0 Å². The minimum atomic E-state index is 0.116. The average Bonchev–Trinajstić information content (AvgIpc) is 3.57. The summed E-state index contributed by atoms with van der Waals surface area (Å²) < 4.78 is 0.